The van der Waals surface area contributed by atoms with Gasteiger partial charge in [0.2, 0.25) is 5.91 Å². The molecular formula is C15H22N4O2. The van der Waals surface area contributed by atoms with E-state index in [0.29, 0.717) is 6.54 Å². The monoisotopic (exact) mass is 290 g/mol. The summed E-state index contributed by atoms with van der Waals surface area (Å²) in [5.41, 5.74) is 0. The fourth-order valence-corrected chi connectivity index (χ4v) is 3.02. The molecule has 3 rings (SSSR count). The van der Waals surface area contributed by atoms with Crippen molar-refractivity contribution in [2.24, 2.45) is 5.92 Å². The largest absolute Gasteiger partial charge is 0.376 e. The van der Waals surface area contributed by atoms with Crippen molar-refractivity contribution in [3.8, 4) is 0 Å². The van der Waals surface area contributed by atoms with Crippen LogP contribution in [0.4, 0.5) is 5.82 Å². The Labute approximate surface area is 124 Å². The third kappa shape index (κ3) is 3.69. The van der Waals surface area contributed by atoms with E-state index < -0.39 is 0 Å². The van der Waals surface area contributed by atoms with Gasteiger partial charge in [-0.25, -0.2) is 4.98 Å². The van der Waals surface area contributed by atoms with E-state index >= 15 is 0 Å². The molecule has 0 radical (unpaired) electrons. The van der Waals surface area contributed by atoms with Crippen molar-refractivity contribution in [1.82, 2.24) is 15.3 Å². The molecular weight excluding hydrogens is 268 g/mol. The van der Waals surface area contributed by atoms with E-state index in [-0.39, 0.29) is 17.9 Å². The van der Waals surface area contributed by atoms with E-state index in [4.69, 9.17) is 4.74 Å². The van der Waals surface area contributed by atoms with Crippen LogP contribution in [0.5, 0.6) is 0 Å². The van der Waals surface area contributed by atoms with E-state index in [2.05, 4.69) is 20.2 Å². The highest BCUT2D eigenvalue weighted by Crippen LogP contribution is 2.21. The molecule has 3 heterocycles. The second kappa shape index (κ2) is 6.85. The quantitative estimate of drug-likeness (QED) is 0.895. The Bertz CT molecular complexity index is 462. The number of anilines is 1. The van der Waals surface area contributed by atoms with Gasteiger partial charge in [-0.2, -0.15) is 0 Å². The number of carbonyl (C=O) groups is 1. The highest BCUT2D eigenvalue weighted by Gasteiger charge is 2.27. The second-order valence-electron chi connectivity index (χ2n) is 5.73. The van der Waals surface area contributed by atoms with Crippen LogP contribution in [-0.4, -0.2) is 48.2 Å². The predicted molar refractivity (Wildman–Crippen MR) is 79.0 cm³/mol. The zero-order valence-corrected chi connectivity index (χ0v) is 12.2. The first-order valence-electron chi connectivity index (χ1n) is 7.73. The number of amides is 1. The molecule has 0 unspecified atom stereocenters. The summed E-state index contributed by atoms with van der Waals surface area (Å²) < 4.78 is 5.54. The normalized spacial score (nSPS) is 25.8. The molecule has 1 aromatic rings. The molecule has 21 heavy (non-hydrogen) atoms. The SMILES string of the molecule is O=C(NC[C@@H]1CCCO1)[C@H]1CCCN(c2cnccn2)C1. The van der Waals surface area contributed by atoms with Crippen molar-refractivity contribution in [1.29, 1.82) is 0 Å². The third-order valence-corrected chi connectivity index (χ3v) is 4.19. The van der Waals surface area contributed by atoms with Gasteiger partial charge in [-0.3, -0.25) is 9.78 Å². The fraction of sp³-hybridized carbons (Fsp3) is 0.667. The minimum absolute atomic E-state index is 0.0298. The summed E-state index contributed by atoms with van der Waals surface area (Å²) in [7, 11) is 0. The summed E-state index contributed by atoms with van der Waals surface area (Å²) in [6.07, 6.45) is 9.42. The summed E-state index contributed by atoms with van der Waals surface area (Å²) in [5, 5.41) is 3.04. The van der Waals surface area contributed by atoms with Crippen molar-refractivity contribution < 1.29 is 9.53 Å². The third-order valence-electron chi connectivity index (χ3n) is 4.19. The number of aromatic nitrogens is 2. The van der Waals surface area contributed by atoms with Gasteiger partial charge < -0.3 is 15.0 Å². The van der Waals surface area contributed by atoms with Crippen molar-refractivity contribution in [2.75, 3.05) is 31.1 Å². The number of carbonyl (C=O) groups excluding carboxylic acids is 1. The van der Waals surface area contributed by atoms with Crippen molar-refractivity contribution in [3.05, 3.63) is 18.6 Å². The van der Waals surface area contributed by atoms with Gasteiger partial charge in [-0.05, 0) is 25.7 Å². The molecule has 114 valence electrons. The predicted octanol–water partition coefficient (Wildman–Crippen LogP) is 0.988. The molecule has 6 nitrogen and oxygen atoms in total. The Kier molecular flexibility index (Phi) is 4.65. The van der Waals surface area contributed by atoms with Crippen LogP contribution in [-0.2, 0) is 9.53 Å². The van der Waals surface area contributed by atoms with E-state index in [1.54, 1.807) is 18.6 Å². The van der Waals surface area contributed by atoms with E-state index in [1.165, 1.54) is 0 Å². The minimum atomic E-state index is 0.0298. The summed E-state index contributed by atoms with van der Waals surface area (Å²) in [4.78, 5) is 22.9. The van der Waals surface area contributed by atoms with Crippen LogP contribution in [0.3, 0.4) is 0 Å². The minimum Gasteiger partial charge on any atom is -0.376 e. The molecule has 2 saturated heterocycles. The molecule has 0 aliphatic carbocycles. The topological polar surface area (TPSA) is 67.3 Å². The maximum Gasteiger partial charge on any atom is 0.224 e. The molecule has 1 amide bonds. The van der Waals surface area contributed by atoms with Crippen LogP contribution < -0.4 is 10.2 Å². The number of piperidine rings is 1. The van der Waals surface area contributed by atoms with Crippen LogP contribution in [0.25, 0.3) is 0 Å². The highest BCUT2D eigenvalue weighted by molar-refractivity contribution is 5.79. The maximum absolute atomic E-state index is 12.3. The van der Waals surface area contributed by atoms with E-state index in [9.17, 15) is 4.79 Å². The Hall–Kier alpha value is -1.69. The lowest BCUT2D eigenvalue weighted by Gasteiger charge is -2.32. The first-order valence-corrected chi connectivity index (χ1v) is 7.73. The molecule has 6 heteroatoms. The first kappa shape index (κ1) is 14.3. The zero-order chi connectivity index (χ0) is 14.5. The fourth-order valence-electron chi connectivity index (χ4n) is 3.02. The average Bonchev–Trinajstić information content (AvgIpc) is 3.07. The Morgan fingerprint density at radius 1 is 1.38 bits per heavy atom. The number of nitrogens with one attached hydrogen (secondary N) is 1. The number of hydrogen-bond acceptors (Lipinski definition) is 5. The zero-order valence-electron chi connectivity index (χ0n) is 12.2. The van der Waals surface area contributed by atoms with Gasteiger partial charge in [0, 0.05) is 38.6 Å². The van der Waals surface area contributed by atoms with Crippen LogP contribution >= 0.6 is 0 Å². The van der Waals surface area contributed by atoms with Gasteiger partial charge in [0.25, 0.3) is 0 Å². The molecule has 0 bridgehead atoms. The van der Waals surface area contributed by atoms with Crippen LogP contribution in [0.15, 0.2) is 18.6 Å². The molecule has 1 N–H and O–H groups in total. The number of nitrogens with zero attached hydrogens (tertiary/aromatic N) is 3. The lowest BCUT2D eigenvalue weighted by Crippen LogP contribution is -2.44. The Morgan fingerprint density at radius 2 is 2.33 bits per heavy atom. The summed E-state index contributed by atoms with van der Waals surface area (Å²) in [6.45, 7) is 3.12. The van der Waals surface area contributed by atoms with Gasteiger partial charge in [-0.1, -0.05) is 0 Å². The van der Waals surface area contributed by atoms with Crippen LogP contribution in [0, 0.1) is 5.92 Å². The lowest BCUT2D eigenvalue weighted by atomic mass is 9.97. The Balaban J connectivity index is 1.51. The van der Waals surface area contributed by atoms with Gasteiger partial charge in [0.1, 0.15) is 5.82 Å². The number of ether oxygens (including phenoxy) is 1. The van der Waals surface area contributed by atoms with E-state index in [1.807, 2.05) is 0 Å². The molecule has 0 spiro atoms. The summed E-state index contributed by atoms with van der Waals surface area (Å²) in [5.74, 6) is 1.02. The summed E-state index contributed by atoms with van der Waals surface area (Å²) in [6, 6.07) is 0. The standard InChI is InChI=1S/C15H22N4O2/c20-15(18-9-13-4-2-8-21-13)12-3-1-7-19(11-12)14-10-16-5-6-17-14/h5-6,10,12-13H,1-4,7-9,11H2,(H,18,20)/t12-,13-/m0/s1. The number of rotatable bonds is 4. The first-order chi connectivity index (χ1) is 10.3. The number of hydrogen-bond donors (Lipinski definition) is 1. The summed E-state index contributed by atoms with van der Waals surface area (Å²) >= 11 is 0. The molecule has 2 atom stereocenters. The molecule has 2 aliphatic heterocycles. The second-order valence-corrected chi connectivity index (χ2v) is 5.73. The molecule has 0 saturated carbocycles. The van der Waals surface area contributed by atoms with Crippen molar-refractivity contribution >= 4 is 11.7 Å². The Morgan fingerprint density at radius 3 is 3.10 bits per heavy atom. The lowest BCUT2D eigenvalue weighted by molar-refractivity contribution is -0.125. The van der Waals surface area contributed by atoms with Crippen molar-refractivity contribution in [3.63, 3.8) is 0 Å². The molecule has 0 aromatic carbocycles. The van der Waals surface area contributed by atoms with Gasteiger partial charge in [0.05, 0.1) is 18.2 Å². The molecule has 2 aliphatic rings. The van der Waals surface area contributed by atoms with Gasteiger partial charge >= 0.3 is 0 Å². The van der Waals surface area contributed by atoms with Crippen LogP contribution in [0.2, 0.25) is 0 Å². The van der Waals surface area contributed by atoms with E-state index in [0.717, 1.165) is 51.2 Å². The molecule has 1 aromatic heterocycles. The highest BCUT2D eigenvalue weighted by atomic mass is 16.5. The maximum atomic E-state index is 12.3. The molecule has 2 fully saturated rings. The van der Waals surface area contributed by atoms with Crippen molar-refractivity contribution in [2.45, 2.75) is 31.8 Å². The van der Waals surface area contributed by atoms with Gasteiger partial charge in [-0.15, -0.1) is 0 Å². The van der Waals surface area contributed by atoms with Gasteiger partial charge in [0.15, 0.2) is 0 Å². The average molecular weight is 290 g/mol. The van der Waals surface area contributed by atoms with Crippen LogP contribution in [0.1, 0.15) is 25.7 Å². The smallest absolute Gasteiger partial charge is 0.224 e.